The van der Waals surface area contributed by atoms with Crippen LogP contribution in [0.15, 0.2) is 58.3 Å². The van der Waals surface area contributed by atoms with Gasteiger partial charge in [-0.15, -0.1) is 0 Å². The minimum absolute atomic E-state index is 0.163. The van der Waals surface area contributed by atoms with E-state index in [4.69, 9.17) is 5.14 Å². The first kappa shape index (κ1) is 18.4. The Labute approximate surface area is 142 Å². The predicted octanol–water partition coefficient (Wildman–Crippen LogP) is 2.48. The van der Waals surface area contributed by atoms with Gasteiger partial charge in [-0.3, -0.25) is 4.72 Å². The van der Waals surface area contributed by atoms with Crippen LogP contribution in [0.25, 0.3) is 0 Å². The molecule has 24 heavy (non-hydrogen) atoms. The number of hydrogen-bond donors (Lipinski definition) is 2. The Hall–Kier alpha value is -1.90. The monoisotopic (exact) mass is 368 g/mol. The summed E-state index contributed by atoms with van der Waals surface area (Å²) in [7, 11) is -7.86. The molecular formula is C16H20N2O4S2. The van der Waals surface area contributed by atoms with E-state index >= 15 is 0 Å². The minimum atomic E-state index is -3.97. The first-order valence-electron chi connectivity index (χ1n) is 7.47. The highest BCUT2D eigenvalue weighted by Gasteiger charge is 2.17. The van der Waals surface area contributed by atoms with E-state index in [1.807, 2.05) is 12.1 Å². The van der Waals surface area contributed by atoms with Gasteiger partial charge in [0.05, 0.1) is 9.79 Å². The molecule has 0 heterocycles. The highest BCUT2D eigenvalue weighted by molar-refractivity contribution is 7.93. The summed E-state index contributed by atoms with van der Waals surface area (Å²) in [6.45, 7) is 2.11. The lowest BCUT2D eigenvalue weighted by Crippen LogP contribution is -2.16. The van der Waals surface area contributed by atoms with Crippen molar-refractivity contribution in [3.8, 4) is 0 Å². The molecule has 0 aromatic heterocycles. The largest absolute Gasteiger partial charge is 0.280 e. The molecule has 2 aromatic carbocycles. The van der Waals surface area contributed by atoms with Gasteiger partial charge in [0, 0.05) is 5.69 Å². The summed E-state index contributed by atoms with van der Waals surface area (Å²) in [5.41, 5.74) is 1.55. The van der Waals surface area contributed by atoms with E-state index in [0.29, 0.717) is 5.69 Å². The Morgan fingerprint density at radius 2 is 1.58 bits per heavy atom. The van der Waals surface area contributed by atoms with Crippen molar-refractivity contribution in [2.24, 2.45) is 5.14 Å². The summed E-state index contributed by atoms with van der Waals surface area (Å²) in [5.74, 6) is 0. The zero-order valence-electron chi connectivity index (χ0n) is 13.3. The van der Waals surface area contributed by atoms with Crippen LogP contribution in [0.1, 0.15) is 25.3 Å². The molecule has 6 nitrogen and oxygen atoms in total. The maximum atomic E-state index is 12.4. The Kier molecular flexibility index (Phi) is 5.63. The molecular weight excluding hydrogens is 348 g/mol. The Bertz CT molecular complexity index is 905. The standard InChI is InChI=1S/C16H20N2O4S2/c1-2-3-5-13-8-10-14(11-9-13)18-24(21,22)16-7-4-6-15(12-16)23(17,19)20/h4,6-12,18H,2-3,5H2,1H3,(H2,17,19,20). The third kappa shape index (κ3) is 4.80. The van der Waals surface area contributed by atoms with Gasteiger partial charge >= 0.3 is 0 Å². The van der Waals surface area contributed by atoms with Gasteiger partial charge in [0.15, 0.2) is 0 Å². The van der Waals surface area contributed by atoms with Crippen molar-refractivity contribution in [3.63, 3.8) is 0 Å². The number of sulfonamides is 2. The number of hydrogen-bond acceptors (Lipinski definition) is 4. The van der Waals surface area contributed by atoms with Gasteiger partial charge in [0.2, 0.25) is 10.0 Å². The van der Waals surface area contributed by atoms with Crippen molar-refractivity contribution in [2.45, 2.75) is 36.0 Å². The second-order valence-electron chi connectivity index (χ2n) is 5.43. The lowest BCUT2D eigenvalue weighted by Gasteiger charge is -2.10. The number of unbranched alkanes of at least 4 members (excludes halogenated alkanes) is 1. The number of aryl methyl sites for hydroxylation is 1. The molecule has 0 saturated carbocycles. The van der Waals surface area contributed by atoms with Crippen LogP contribution in [0.5, 0.6) is 0 Å². The van der Waals surface area contributed by atoms with Crippen LogP contribution in [0.3, 0.4) is 0 Å². The summed E-state index contributed by atoms with van der Waals surface area (Å²) in [6.07, 6.45) is 3.11. The van der Waals surface area contributed by atoms with Gasteiger partial charge in [0.1, 0.15) is 0 Å². The van der Waals surface area contributed by atoms with Crippen molar-refractivity contribution in [3.05, 3.63) is 54.1 Å². The molecule has 2 aromatic rings. The minimum Gasteiger partial charge on any atom is -0.280 e. The second-order valence-corrected chi connectivity index (χ2v) is 8.67. The Morgan fingerprint density at radius 3 is 2.17 bits per heavy atom. The van der Waals surface area contributed by atoms with E-state index in [9.17, 15) is 16.8 Å². The number of nitrogens with two attached hydrogens (primary N) is 1. The van der Waals surface area contributed by atoms with E-state index < -0.39 is 20.0 Å². The number of benzene rings is 2. The maximum absolute atomic E-state index is 12.4. The van der Waals surface area contributed by atoms with E-state index in [1.165, 1.54) is 18.2 Å². The van der Waals surface area contributed by atoms with Crippen LogP contribution < -0.4 is 9.86 Å². The van der Waals surface area contributed by atoms with E-state index in [-0.39, 0.29) is 9.79 Å². The third-order valence-electron chi connectivity index (χ3n) is 3.47. The molecule has 0 aliphatic heterocycles. The molecule has 8 heteroatoms. The van der Waals surface area contributed by atoms with Crippen LogP contribution in [-0.4, -0.2) is 16.8 Å². The maximum Gasteiger partial charge on any atom is 0.261 e. The summed E-state index contributed by atoms with van der Waals surface area (Å²) in [6, 6.07) is 12.0. The van der Waals surface area contributed by atoms with E-state index in [0.717, 1.165) is 30.9 Å². The SMILES string of the molecule is CCCCc1ccc(NS(=O)(=O)c2cccc(S(N)(=O)=O)c2)cc1. The van der Waals surface area contributed by atoms with Gasteiger partial charge in [0.25, 0.3) is 10.0 Å². The highest BCUT2D eigenvalue weighted by atomic mass is 32.2. The fourth-order valence-electron chi connectivity index (χ4n) is 2.15. The molecule has 0 aliphatic carbocycles. The molecule has 2 rings (SSSR count). The first-order valence-corrected chi connectivity index (χ1v) is 10.5. The van der Waals surface area contributed by atoms with Crippen molar-refractivity contribution >= 4 is 25.7 Å². The summed E-state index contributed by atoms with van der Waals surface area (Å²) < 4.78 is 49.9. The van der Waals surface area contributed by atoms with Gasteiger partial charge in [-0.25, -0.2) is 22.0 Å². The number of anilines is 1. The van der Waals surface area contributed by atoms with Crippen molar-refractivity contribution in [1.82, 2.24) is 0 Å². The van der Waals surface area contributed by atoms with Crippen LogP contribution in [0.4, 0.5) is 5.69 Å². The molecule has 0 saturated heterocycles. The van der Waals surface area contributed by atoms with Crippen LogP contribution in [0.2, 0.25) is 0 Å². The average Bonchev–Trinajstić information content (AvgIpc) is 2.53. The molecule has 3 N–H and O–H groups in total. The van der Waals surface area contributed by atoms with Gasteiger partial charge in [-0.2, -0.15) is 0 Å². The fraction of sp³-hybridized carbons (Fsp3) is 0.250. The van der Waals surface area contributed by atoms with Crippen molar-refractivity contribution < 1.29 is 16.8 Å². The highest BCUT2D eigenvalue weighted by Crippen LogP contribution is 2.19. The zero-order valence-corrected chi connectivity index (χ0v) is 14.9. The summed E-state index contributed by atoms with van der Waals surface area (Å²) in [4.78, 5) is -0.413. The number of nitrogens with one attached hydrogen (secondary N) is 1. The summed E-state index contributed by atoms with van der Waals surface area (Å²) in [5, 5.41) is 5.04. The molecule has 0 spiro atoms. The van der Waals surface area contributed by atoms with Gasteiger partial charge in [-0.1, -0.05) is 31.5 Å². The van der Waals surface area contributed by atoms with Crippen molar-refractivity contribution in [2.75, 3.05) is 4.72 Å². The predicted molar refractivity (Wildman–Crippen MR) is 93.7 cm³/mol. The van der Waals surface area contributed by atoms with Crippen LogP contribution in [-0.2, 0) is 26.5 Å². The lowest BCUT2D eigenvalue weighted by molar-refractivity contribution is 0.597. The Balaban J connectivity index is 2.22. The second kappa shape index (κ2) is 7.33. The topological polar surface area (TPSA) is 106 Å². The first-order chi connectivity index (χ1) is 11.2. The van der Waals surface area contributed by atoms with Gasteiger partial charge in [-0.05, 0) is 48.7 Å². The molecule has 130 valence electrons. The number of primary sulfonamides is 1. The summed E-state index contributed by atoms with van der Waals surface area (Å²) >= 11 is 0. The smallest absolute Gasteiger partial charge is 0.261 e. The zero-order chi connectivity index (χ0) is 17.8. The Morgan fingerprint density at radius 1 is 0.958 bits per heavy atom. The average molecular weight is 368 g/mol. The quantitative estimate of drug-likeness (QED) is 0.783. The lowest BCUT2D eigenvalue weighted by atomic mass is 10.1. The molecule has 0 radical (unpaired) electrons. The molecule has 0 fully saturated rings. The third-order valence-corrected chi connectivity index (χ3v) is 5.76. The van der Waals surface area contributed by atoms with Crippen LogP contribution >= 0.6 is 0 Å². The van der Waals surface area contributed by atoms with E-state index in [2.05, 4.69) is 11.6 Å². The molecule has 0 amide bonds. The van der Waals surface area contributed by atoms with Crippen LogP contribution in [0, 0.1) is 0 Å². The molecule has 0 aliphatic rings. The molecule has 0 bridgehead atoms. The van der Waals surface area contributed by atoms with Gasteiger partial charge < -0.3 is 0 Å². The number of rotatable bonds is 7. The fourth-order valence-corrected chi connectivity index (χ4v) is 3.89. The van der Waals surface area contributed by atoms with E-state index in [1.54, 1.807) is 12.1 Å². The molecule has 0 unspecified atom stereocenters. The molecule has 0 atom stereocenters. The normalized spacial score (nSPS) is 12.1. The van der Waals surface area contributed by atoms with Crippen molar-refractivity contribution in [1.29, 1.82) is 0 Å².